The van der Waals surface area contributed by atoms with Crippen LogP contribution in [0.4, 0.5) is 39.0 Å². The smallest absolute Gasteiger partial charge is 0.398 e. The number of hydrogen-bond acceptors (Lipinski definition) is 2. The first-order chi connectivity index (χ1) is 9.29. The van der Waals surface area contributed by atoms with E-state index in [0.29, 0.717) is 0 Å². The molecule has 0 heterocycles. The maximum Gasteiger partial charge on any atom is 0.418 e. The van der Waals surface area contributed by atoms with Crippen LogP contribution in [0.25, 0.3) is 0 Å². The van der Waals surface area contributed by atoms with Crippen LogP contribution in [0.1, 0.15) is 5.56 Å². The Bertz CT molecular complexity index is 637. The van der Waals surface area contributed by atoms with Crippen LogP contribution < -0.4 is 11.1 Å². The molecule has 0 fully saturated rings. The van der Waals surface area contributed by atoms with E-state index < -0.39 is 29.1 Å². The summed E-state index contributed by atoms with van der Waals surface area (Å²) in [7, 11) is 0. The van der Waals surface area contributed by atoms with Gasteiger partial charge >= 0.3 is 6.18 Å². The average molecular weight is 288 g/mol. The fourth-order valence-corrected chi connectivity index (χ4v) is 1.64. The van der Waals surface area contributed by atoms with Crippen molar-refractivity contribution in [2.75, 3.05) is 11.1 Å². The minimum Gasteiger partial charge on any atom is -0.398 e. The minimum atomic E-state index is -4.62. The Labute approximate surface area is 111 Å². The van der Waals surface area contributed by atoms with E-state index in [-0.39, 0.29) is 11.4 Å². The monoisotopic (exact) mass is 288 g/mol. The Morgan fingerprint density at radius 1 is 1.00 bits per heavy atom. The molecule has 0 aliphatic carbocycles. The van der Waals surface area contributed by atoms with Gasteiger partial charge in [0.1, 0.15) is 0 Å². The van der Waals surface area contributed by atoms with Crippen molar-refractivity contribution < 1.29 is 22.0 Å². The highest BCUT2D eigenvalue weighted by Gasteiger charge is 2.33. The first-order valence-corrected chi connectivity index (χ1v) is 5.47. The Hall–Kier alpha value is -2.31. The van der Waals surface area contributed by atoms with Crippen molar-refractivity contribution in [2.45, 2.75) is 6.18 Å². The zero-order valence-electron chi connectivity index (χ0n) is 9.93. The third kappa shape index (κ3) is 2.81. The van der Waals surface area contributed by atoms with Crippen LogP contribution in [-0.4, -0.2) is 0 Å². The minimum absolute atomic E-state index is 0.0453. The van der Waals surface area contributed by atoms with Gasteiger partial charge in [0.2, 0.25) is 0 Å². The molecule has 2 aromatic rings. The third-order valence-electron chi connectivity index (χ3n) is 2.59. The highest BCUT2D eigenvalue weighted by atomic mass is 19.4. The van der Waals surface area contributed by atoms with Gasteiger partial charge in [-0.15, -0.1) is 0 Å². The number of halogens is 5. The molecule has 0 aliphatic heterocycles. The van der Waals surface area contributed by atoms with Gasteiger partial charge < -0.3 is 11.1 Å². The Morgan fingerprint density at radius 3 is 2.35 bits per heavy atom. The second kappa shape index (κ2) is 4.99. The van der Waals surface area contributed by atoms with Crippen LogP contribution in [0.3, 0.4) is 0 Å². The number of anilines is 3. The topological polar surface area (TPSA) is 38.0 Å². The van der Waals surface area contributed by atoms with E-state index in [9.17, 15) is 22.0 Å². The highest BCUT2D eigenvalue weighted by Crippen LogP contribution is 2.35. The summed E-state index contributed by atoms with van der Waals surface area (Å²) in [6, 6.07) is 6.38. The molecule has 0 saturated heterocycles. The molecule has 0 saturated carbocycles. The van der Waals surface area contributed by atoms with Gasteiger partial charge in [0.05, 0.1) is 11.3 Å². The molecule has 20 heavy (non-hydrogen) atoms. The summed E-state index contributed by atoms with van der Waals surface area (Å²) in [6.07, 6.45) is -4.62. The van der Waals surface area contributed by atoms with Gasteiger partial charge in [-0.3, -0.25) is 0 Å². The molecule has 7 heteroatoms. The van der Waals surface area contributed by atoms with E-state index in [0.717, 1.165) is 18.2 Å². The number of benzene rings is 2. The zero-order valence-corrected chi connectivity index (χ0v) is 9.93. The summed E-state index contributed by atoms with van der Waals surface area (Å²) in [5.41, 5.74) is 3.45. The molecule has 0 unspecified atom stereocenters. The van der Waals surface area contributed by atoms with Gasteiger partial charge in [-0.2, -0.15) is 13.2 Å². The van der Waals surface area contributed by atoms with Crippen LogP contribution in [0.15, 0.2) is 36.4 Å². The fraction of sp³-hybridized carbons (Fsp3) is 0.0769. The molecule has 0 aliphatic rings. The van der Waals surface area contributed by atoms with Crippen molar-refractivity contribution in [3.8, 4) is 0 Å². The van der Waals surface area contributed by atoms with Crippen molar-refractivity contribution in [3.05, 3.63) is 53.6 Å². The maximum atomic E-state index is 13.4. The molecule has 0 radical (unpaired) electrons. The Morgan fingerprint density at radius 2 is 1.70 bits per heavy atom. The first kappa shape index (κ1) is 14.1. The predicted octanol–water partition coefficient (Wildman–Crippen LogP) is 4.31. The lowest BCUT2D eigenvalue weighted by molar-refractivity contribution is -0.136. The lowest BCUT2D eigenvalue weighted by Crippen LogP contribution is -2.09. The van der Waals surface area contributed by atoms with Crippen LogP contribution in [0.5, 0.6) is 0 Å². The first-order valence-electron chi connectivity index (χ1n) is 5.47. The number of alkyl halides is 3. The number of hydrogen-bond donors (Lipinski definition) is 2. The largest absolute Gasteiger partial charge is 0.418 e. The Kier molecular flexibility index (Phi) is 3.52. The SMILES string of the molecule is Nc1ccc(Nc2cccc(F)c2F)cc1C(F)(F)F. The predicted molar refractivity (Wildman–Crippen MR) is 65.5 cm³/mol. The summed E-state index contributed by atoms with van der Waals surface area (Å²) < 4.78 is 64.4. The van der Waals surface area contributed by atoms with Gasteiger partial charge in [-0.05, 0) is 30.3 Å². The van der Waals surface area contributed by atoms with E-state index >= 15 is 0 Å². The highest BCUT2D eigenvalue weighted by molar-refractivity contribution is 5.65. The zero-order chi connectivity index (χ0) is 14.9. The summed E-state index contributed by atoms with van der Waals surface area (Å²) >= 11 is 0. The quantitative estimate of drug-likeness (QED) is 0.638. The van der Waals surface area contributed by atoms with Crippen molar-refractivity contribution in [2.24, 2.45) is 0 Å². The molecule has 0 bridgehead atoms. The Balaban J connectivity index is 2.38. The van der Waals surface area contributed by atoms with Crippen molar-refractivity contribution in [1.82, 2.24) is 0 Å². The van der Waals surface area contributed by atoms with Crippen LogP contribution in [0.2, 0.25) is 0 Å². The molecule has 106 valence electrons. The standard InChI is InChI=1S/C13H9F5N2/c14-9-2-1-3-11(12(9)15)20-7-4-5-10(19)8(6-7)13(16,17)18/h1-6,20H,19H2. The molecule has 0 aromatic heterocycles. The number of nitrogens with two attached hydrogens (primary N) is 1. The number of nitrogens with one attached hydrogen (secondary N) is 1. The molecule has 3 N–H and O–H groups in total. The van der Waals surface area contributed by atoms with Crippen LogP contribution in [0, 0.1) is 11.6 Å². The van der Waals surface area contributed by atoms with Gasteiger partial charge in [0.25, 0.3) is 0 Å². The van der Waals surface area contributed by atoms with E-state index in [4.69, 9.17) is 5.73 Å². The van der Waals surface area contributed by atoms with Crippen molar-refractivity contribution in [1.29, 1.82) is 0 Å². The molecule has 0 amide bonds. The molecule has 2 aromatic carbocycles. The second-order valence-corrected chi connectivity index (χ2v) is 4.03. The maximum absolute atomic E-state index is 13.4. The number of nitrogen functional groups attached to an aromatic ring is 1. The molecule has 0 spiro atoms. The van der Waals surface area contributed by atoms with E-state index in [2.05, 4.69) is 5.32 Å². The molecular weight excluding hydrogens is 279 g/mol. The van der Waals surface area contributed by atoms with E-state index in [1.165, 1.54) is 18.2 Å². The van der Waals surface area contributed by atoms with Crippen LogP contribution in [-0.2, 0) is 6.18 Å². The van der Waals surface area contributed by atoms with E-state index in [1.54, 1.807) is 0 Å². The van der Waals surface area contributed by atoms with Gasteiger partial charge in [-0.25, -0.2) is 8.78 Å². The molecular formula is C13H9F5N2. The summed E-state index contributed by atoms with van der Waals surface area (Å²) in [4.78, 5) is 0. The van der Waals surface area contributed by atoms with Gasteiger partial charge in [-0.1, -0.05) is 6.07 Å². The summed E-state index contributed by atoms with van der Waals surface area (Å²) in [5.74, 6) is -2.26. The molecule has 0 atom stereocenters. The normalized spacial score (nSPS) is 11.4. The van der Waals surface area contributed by atoms with Crippen molar-refractivity contribution >= 4 is 17.1 Å². The van der Waals surface area contributed by atoms with Gasteiger partial charge in [0, 0.05) is 11.4 Å². The van der Waals surface area contributed by atoms with Crippen LogP contribution >= 0.6 is 0 Å². The number of rotatable bonds is 2. The van der Waals surface area contributed by atoms with Gasteiger partial charge in [0.15, 0.2) is 11.6 Å². The summed E-state index contributed by atoms with van der Waals surface area (Å²) in [5, 5.41) is 2.38. The summed E-state index contributed by atoms with van der Waals surface area (Å²) in [6.45, 7) is 0. The average Bonchev–Trinajstić information content (AvgIpc) is 2.36. The molecule has 2 rings (SSSR count). The molecule has 2 nitrogen and oxygen atoms in total. The lowest BCUT2D eigenvalue weighted by Gasteiger charge is -2.13. The lowest BCUT2D eigenvalue weighted by atomic mass is 10.1. The van der Waals surface area contributed by atoms with Crippen molar-refractivity contribution in [3.63, 3.8) is 0 Å². The second-order valence-electron chi connectivity index (χ2n) is 4.03. The van der Waals surface area contributed by atoms with E-state index in [1.807, 2.05) is 0 Å². The third-order valence-corrected chi connectivity index (χ3v) is 2.59. The fourth-order valence-electron chi connectivity index (χ4n) is 1.64.